The number of rotatable bonds is 3. The summed E-state index contributed by atoms with van der Waals surface area (Å²) in [6, 6.07) is 0. The monoisotopic (exact) mass is 179 g/mol. The van der Waals surface area contributed by atoms with Gasteiger partial charge in [-0.2, -0.15) is 5.10 Å². The first-order valence-electron chi connectivity index (χ1n) is 3.47. The highest BCUT2D eigenvalue weighted by Gasteiger charge is 2.13. The van der Waals surface area contributed by atoms with Gasteiger partial charge in [0, 0.05) is 6.21 Å². The van der Waals surface area contributed by atoms with Gasteiger partial charge in [-0.05, 0) is 12.2 Å². The number of carbonyl (C=O) groups is 1. The smallest absolute Gasteiger partial charge is 0.254 e. The molecule has 6 nitrogen and oxygen atoms in total. The van der Waals surface area contributed by atoms with E-state index < -0.39 is 5.91 Å². The zero-order valence-electron chi connectivity index (χ0n) is 6.74. The van der Waals surface area contributed by atoms with Gasteiger partial charge in [-0.1, -0.05) is 0 Å². The third kappa shape index (κ3) is 1.73. The number of hydrogen-bond acceptors (Lipinski definition) is 4. The van der Waals surface area contributed by atoms with E-state index in [4.69, 9.17) is 16.9 Å². The molecule has 0 atom stereocenters. The highest BCUT2D eigenvalue weighted by atomic mass is 16.1. The second-order valence-corrected chi connectivity index (χ2v) is 2.29. The number of aromatic amines is 1. The van der Waals surface area contributed by atoms with Crippen LogP contribution in [-0.4, -0.2) is 22.3 Å². The lowest BCUT2D eigenvalue weighted by molar-refractivity contribution is 0.100. The minimum atomic E-state index is -0.643. The summed E-state index contributed by atoms with van der Waals surface area (Å²) < 4.78 is 0. The number of hydrogen-bond donors (Lipinski definition) is 4. The van der Waals surface area contributed by atoms with E-state index in [1.807, 2.05) is 0 Å². The number of aromatic nitrogens is 2. The molecule has 0 saturated heterocycles. The molecule has 1 aromatic rings. The van der Waals surface area contributed by atoms with Gasteiger partial charge < -0.3 is 16.9 Å². The molecule has 0 fully saturated rings. The molecule has 6 N–H and O–H groups in total. The van der Waals surface area contributed by atoms with Crippen LogP contribution in [0.1, 0.15) is 16.1 Å². The van der Waals surface area contributed by atoms with Crippen molar-refractivity contribution < 1.29 is 4.79 Å². The van der Waals surface area contributed by atoms with Gasteiger partial charge in [-0.3, -0.25) is 9.89 Å². The zero-order chi connectivity index (χ0) is 9.84. The topological polar surface area (TPSA) is 122 Å². The highest BCUT2D eigenvalue weighted by molar-refractivity contribution is 6.00. The van der Waals surface area contributed by atoms with E-state index in [9.17, 15) is 4.79 Å². The van der Waals surface area contributed by atoms with E-state index in [2.05, 4.69) is 10.2 Å². The lowest BCUT2D eigenvalue weighted by atomic mass is 10.2. The molecule has 68 valence electrons. The number of allylic oxidation sites excluding steroid dienone is 1. The van der Waals surface area contributed by atoms with Crippen molar-refractivity contribution in [2.45, 2.75) is 0 Å². The summed E-state index contributed by atoms with van der Waals surface area (Å²) in [7, 11) is 0. The van der Waals surface area contributed by atoms with Crippen LogP contribution < -0.4 is 11.5 Å². The Labute approximate surface area is 74.1 Å². The number of carbonyl (C=O) groups excluding carboxylic acids is 1. The van der Waals surface area contributed by atoms with E-state index in [0.29, 0.717) is 5.69 Å². The van der Waals surface area contributed by atoms with Gasteiger partial charge >= 0.3 is 0 Å². The molecule has 0 bridgehead atoms. The van der Waals surface area contributed by atoms with Gasteiger partial charge in [0.25, 0.3) is 5.91 Å². The Morgan fingerprint density at radius 1 is 1.62 bits per heavy atom. The van der Waals surface area contributed by atoms with Gasteiger partial charge in [-0.25, -0.2) is 0 Å². The fraction of sp³-hybridized carbons (Fsp3) is 0. The maximum absolute atomic E-state index is 10.9. The number of amides is 1. The number of nitrogens with two attached hydrogens (primary N) is 2. The maximum atomic E-state index is 10.9. The summed E-state index contributed by atoms with van der Waals surface area (Å²) in [6.07, 6.45) is 4.00. The third-order valence-electron chi connectivity index (χ3n) is 1.43. The van der Waals surface area contributed by atoms with Crippen molar-refractivity contribution in [3.05, 3.63) is 17.3 Å². The van der Waals surface area contributed by atoms with Crippen LogP contribution >= 0.6 is 0 Å². The second kappa shape index (κ2) is 3.53. The van der Waals surface area contributed by atoms with Crippen LogP contribution in [0.4, 0.5) is 5.82 Å². The van der Waals surface area contributed by atoms with Crippen LogP contribution in [0.3, 0.4) is 0 Å². The number of nitrogens with zero attached hydrogens (tertiary/aromatic N) is 1. The van der Waals surface area contributed by atoms with E-state index in [1.165, 1.54) is 12.2 Å². The zero-order valence-corrected chi connectivity index (χ0v) is 6.74. The molecule has 1 heterocycles. The number of H-pyrrole nitrogens is 1. The first kappa shape index (κ1) is 8.98. The van der Waals surface area contributed by atoms with Gasteiger partial charge in [-0.15, -0.1) is 0 Å². The Morgan fingerprint density at radius 2 is 2.31 bits per heavy atom. The average Bonchev–Trinajstić information content (AvgIpc) is 2.43. The molecule has 0 spiro atoms. The van der Waals surface area contributed by atoms with E-state index >= 15 is 0 Å². The van der Waals surface area contributed by atoms with Crippen molar-refractivity contribution >= 4 is 24.0 Å². The molecule has 1 amide bonds. The van der Waals surface area contributed by atoms with Gasteiger partial charge in [0.2, 0.25) is 0 Å². The summed E-state index contributed by atoms with van der Waals surface area (Å²) in [6.45, 7) is 0. The van der Waals surface area contributed by atoms with Crippen molar-refractivity contribution in [2.75, 3.05) is 5.73 Å². The van der Waals surface area contributed by atoms with Crippen LogP contribution in [0.25, 0.3) is 6.08 Å². The van der Waals surface area contributed by atoms with Crippen molar-refractivity contribution in [1.82, 2.24) is 10.2 Å². The predicted molar refractivity (Wildman–Crippen MR) is 49.3 cm³/mol. The lowest BCUT2D eigenvalue weighted by Crippen LogP contribution is -2.13. The van der Waals surface area contributed by atoms with Crippen LogP contribution in [0.15, 0.2) is 6.08 Å². The molecule has 0 unspecified atom stereocenters. The van der Waals surface area contributed by atoms with Crippen LogP contribution in [0.5, 0.6) is 0 Å². The largest absolute Gasteiger partial charge is 0.382 e. The van der Waals surface area contributed by atoms with Crippen LogP contribution in [0.2, 0.25) is 0 Å². The number of primary amides is 1. The van der Waals surface area contributed by atoms with E-state index in [1.54, 1.807) is 0 Å². The first-order chi connectivity index (χ1) is 6.16. The number of anilines is 1. The summed E-state index contributed by atoms with van der Waals surface area (Å²) >= 11 is 0. The van der Waals surface area contributed by atoms with Gasteiger partial charge in [0.05, 0.1) is 5.69 Å². The first-order valence-corrected chi connectivity index (χ1v) is 3.47. The highest BCUT2D eigenvalue weighted by Crippen LogP contribution is 2.13. The van der Waals surface area contributed by atoms with Gasteiger partial charge in [0.1, 0.15) is 5.56 Å². The molecular formula is C7H9N5O. The molecule has 6 heteroatoms. The Balaban J connectivity index is 3.14. The minimum Gasteiger partial charge on any atom is -0.382 e. The molecule has 13 heavy (non-hydrogen) atoms. The summed E-state index contributed by atoms with van der Waals surface area (Å²) in [4.78, 5) is 10.9. The van der Waals surface area contributed by atoms with Crippen LogP contribution in [-0.2, 0) is 0 Å². The Kier molecular flexibility index (Phi) is 2.44. The molecule has 0 aromatic carbocycles. The van der Waals surface area contributed by atoms with E-state index in [-0.39, 0.29) is 11.4 Å². The fourth-order valence-electron chi connectivity index (χ4n) is 0.894. The molecule has 0 aliphatic rings. The molecule has 0 saturated carbocycles. The molecule has 0 aliphatic heterocycles. The number of nitrogen functional groups attached to an aromatic ring is 1. The molecule has 0 radical (unpaired) electrons. The average molecular weight is 179 g/mol. The van der Waals surface area contributed by atoms with Crippen molar-refractivity contribution in [3.63, 3.8) is 0 Å². The summed E-state index contributed by atoms with van der Waals surface area (Å²) in [5.41, 5.74) is 11.0. The third-order valence-corrected chi connectivity index (χ3v) is 1.43. The lowest BCUT2D eigenvalue weighted by Gasteiger charge is -1.92. The summed E-state index contributed by atoms with van der Waals surface area (Å²) in [5, 5.41) is 12.9. The maximum Gasteiger partial charge on any atom is 0.254 e. The SMILES string of the molecule is N=C/C=C\c1[nH]nc(N)c1C(N)=O. The molecule has 1 aromatic heterocycles. The normalized spacial score (nSPS) is 10.5. The fourth-order valence-corrected chi connectivity index (χ4v) is 0.894. The van der Waals surface area contributed by atoms with Crippen molar-refractivity contribution in [1.29, 1.82) is 5.41 Å². The second-order valence-electron chi connectivity index (χ2n) is 2.29. The Bertz CT molecular complexity index is 365. The Morgan fingerprint density at radius 3 is 2.85 bits per heavy atom. The number of nitrogens with one attached hydrogen (secondary N) is 2. The van der Waals surface area contributed by atoms with E-state index in [0.717, 1.165) is 6.21 Å². The van der Waals surface area contributed by atoms with Crippen molar-refractivity contribution in [3.8, 4) is 0 Å². The summed E-state index contributed by atoms with van der Waals surface area (Å²) in [5.74, 6) is -0.576. The quantitative estimate of drug-likeness (QED) is 0.478. The predicted octanol–water partition coefficient (Wildman–Crippen LogP) is -0.246. The molecule has 0 aliphatic carbocycles. The van der Waals surface area contributed by atoms with Crippen LogP contribution in [0, 0.1) is 5.41 Å². The Hall–Kier alpha value is -2.11. The van der Waals surface area contributed by atoms with Crippen molar-refractivity contribution in [2.24, 2.45) is 5.73 Å². The molecule has 1 rings (SSSR count). The van der Waals surface area contributed by atoms with Gasteiger partial charge in [0.15, 0.2) is 5.82 Å². The standard InChI is InChI=1S/C7H9N5O/c8-3-1-2-4-5(7(10)13)6(9)12-11-4/h1-3,8H,(H2,10,13)(H3,9,11,12)/b2-1-,8-3?. The molecular weight excluding hydrogens is 170 g/mol. The minimum absolute atomic E-state index is 0.0668.